The molecule has 0 aliphatic carbocycles. The highest BCUT2D eigenvalue weighted by atomic mass is 15.3. The van der Waals surface area contributed by atoms with E-state index in [-0.39, 0.29) is 0 Å². The van der Waals surface area contributed by atoms with Gasteiger partial charge < -0.3 is 10.6 Å². The molecule has 0 atom stereocenters. The normalized spacial score (nSPS) is 14.4. The first kappa shape index (κ1) is 20.9. The van der Waals surface area contributed by atoms with E-state index in [1.54, 1.807) is 0 Å². The van der Waals surface area contributed by atoms with Crippen LogP contribution in [0.1, 0.15) is 41.8 Å². The maximum Gasteiger partial charge on any atom is 0.156 e. The molecule has 2 aromatic carbocycles. The molecule has 2 N–H and O–H groups in total. The summed E-state index contributed by atoms with van der Waals surface area (Å²) in [5.41, 5.74) is 12.6. The van der Waals surface area contributed by atoms with Gasteiger partial charge in [0.1, 0.15) is 0 Å². The lowest BCUT2D eigenvalue weighted by Crippen LogP contribution is -2.20. The van der Waals surface area contributed by atoms with E-state index in [1.807, 2.05) is 28.8 Å². The lowest BCUT2D eigenvalue weighted by atomic mass is 10.1. The molecular weight excluding hydrogens is 394 g/mol. The third-order valence-electron chi connectivity index (χ3n) is 6.39. The highest BCUT2D eigenvalue weighted by molar-refractivity contribution is 5.63. The van der Waals surface area contributed by atoms with E-state index < -0.39 is 0 Å². The molecule has 0 bridgehead atoms. The van der Waals surface area contributed by atoms with Crippen molar-refractivity contribution < 1.29 is 0 Å². The van der Waals surface area contributed by atoms with Crippen LogP contribution in [0.15, 0.2) is 66.7 Å². The fourth-order valence-corrected chi connectivity index (χ4v) is 4.62. The minimum Gasteiger partial charge on any atom is -0.326 e. The van der Waals surface area contributed by atoms with Crippen molar-refractivity contribution in [2.24, 2.45) is 5.73 Å². The summed E-state index contributed by atoms with van der Waals surface area (Å²) in [6.45, 7) is 4.32. The van der Waals surface area contributed by atoms with Crippen LogP contribution in [-0.2, 0) is 19.4 Å². The van der Waals surface area contributed by atoms with E-state index in [1.165, 1.54) is 50.0 Å². The number of fused-ring (bicyclic) bond motifs is 1. The Balaban J connectivity index is 1.28. The van der Waals surface area contributed by atoms with Crippen LogP contribution in [0.4, 0.5) is 0 Å². The number of rotatable bonds is 8. The fraction of sp³-hybridized carbons (Fsp3) is 0.333. The van der Waals surface area contributed by atoms with Gasteiger partial charge in [-0.1, -0.05) is 48.5 Å². The van der Waals surface area contributed by atoms with Crippen molar-refractivity contribution in [3.8, 4) is 11.3 Å². The first-order chi connectivity index (χ1) is 15.8. The summed E-state index contributed by atoms with van der Waals surface area (Å²) < 4.78 is 1.94. The van der Waals surface area contributed by atoms with Crippen LogP contribution in [0.3, 0.4) is 0 Å². The van der Waals surface area contributed by atoms with Crippen LogP contribution < -0.4 is 5.73 Å². The number of nitrogens with zero attached hydrogens (tertiary/aromatic N) is 4. The largest absolute Gasteiger partial charge is 0.326 e. The standard InChI is InChI=1S/C27H31N5/c28-20-23-6-3-8-24(18-23)25-9-4-10-27-29-26(30-32(25)27)19-22-13-11-21(12-14-22)7-5-17-31-15-1-2-16-31/h3-4,6,8-14,18H,1-2,5,7,15-17,19-20,28H2. The fourth-order valence-electron chi connectivity index (χ4n) is 4.62. The van der Waals surface area contributed by atoms with E-state index in [9.17, 15) is 0 Å². The van der Waals surface area contributed by atoms with Gasteiger partial charge in [0.25, 0.3) is 0 Å². The lowest BCUT2D eigenvalue weighted by Gasteiger charge is -2.13. The first-order valence-corrected chi connectivity index (χ1v) is 11.7. The van der Waals surface area contributed by atoms with E-state index in [2.05, 4.69) is 47.4 Å². The smallest absolute Gasteiger partial charge is 0.156 e. The van der Waals surface area contributed by atoms with E-state index in [0.29, 0.717) is 6.54 Å². The Hall–Kier alpha value is -3.02. The van der Waals surface area contributed by atoms with Gasteiger partial charge in [0.15, 0.2) is 11.5 Å². The molecule has 5 rings (SSSR count). The molecule has 0 saturated carbocycles. The summed E-state index contributed by atoms with van der Waals surface area (Å²) >= 11 is 0. The molecule has 1 aliphatic heterocycles. The minimum absolute atomic E-state index is 0.528. The summed E-state index contributed by atoms with van der Waals surface area (Å²) in [6.07, 6.45) is 5.86. The van der Waals surface area contributed by atoms with Crippen molar-refractivity contribution in [3.05, 3.63) is 89.2 Å². The van der Waals surface area contributed by atoms with Crippen LogP contribution in [0, 0.1) is 0 Å². The van der Waals surface area contributed by atoms with Gasteiger partial charge >= 0.3 is 0 Å². The molecule has 32 heavy (non-hydrogen) atoms. The predicted molar refractivity (Wildman–Crippen MR) is 130 cm³/mol. The number of aromatic nitrogens is 3. The van der Waals surface area contributed by atoms with Gasteiger partial charge in [-0.25, -0.2) is 9.50 Å². The maximum absolute atomic E-state index is 5.83. The minimum atomic E-state index is 0.528. The Kier molecular flexibility index (Phi) is 6.28. The summed E-state index contributed by atoms with van der Waals surface area (Å²) in [5.74, 6) is 0.842. The zero-order chi connectivity index (χ0) is 21.8. The van der Waals surface area contributed by atoms with Crippen molar-refractivity contribution in [1.29, 1.82) is 0 Å². The molecule has 5 heteroatoms. The third-order valence-corrected chi connectivity index (χ3v) is 6.39. The van der Waals surface area contributed by atoms with Gasteiger partial charge in [-0.05, 0) is 80.2 Å². The third kappa shape index (κ3) is 4.74. The molecule has 0 amide bonds. The van der Waals surface area contributed by atoms with Crippen molar-refractivity contribution in [3.63, 3.8) is 0 Å². The Bertz CT molecular complexity index is 1170. The molecule has 1 aliphatic rings. The summed E-state index contributed by atoms with van der Waals surface area (Å²) in [6, 6.07) is 23.4. The van der Waals surface area contributed by atoms with Gasteiger partial charge in [0, 0.05) is 18.5 Å². The quantitative estimate of drug-likeness (QED) is 0.452. The molecule has 5 nitrogen and oxygen atoms in total. The zero-order valence-corrected chi connectivity index (χ0v) is 18.6. The average molecular weight is 426 g/mol. The summed E-state index contributed by atoms with van der Waals surface area (Å²) in [7, 11) is 0. The molecule has 0 radical (unpaired) electrons. The van der Waals surface area contributed by atoms with Crippen LogP contribution in [-0.4, -0.2) is 39.1 Å². The lowest BCUT2D eigenvalue weighted by molar-refractivity contribution is 0.334. The molecule has 1 saturated heterocycles. The number of hydrogen-bond donors (Lipinski definition) is 1. The highest BCUT2D eigenvalue weighted by Gasteiger charge is 2.11. The van der Waals surface area contributed by atoms with Crippen molar-refractivity contribution in [2.45, 2.75) is 38.6 Å². The molecule has 0 unspecified atom stereocenters. The van der Waals surface area contributed by atoms with Crippen molar-refractivity contribution >= 4 is 5.65 Å². The van der Waals surface area contributed by atoms with Crippen molar-refractivity contribution in [1.82, 2.24) is 19.5 Å². The van der Waals surface area contributed by atoms with Crippen LogP contribution in [0.2, 0.25) is 0 Å². The first-order valence-electron chi connectivity index (χ1n) is 11.7. The SMILES string of the molecule is NCc1cccc(-c2cccc3nc(Cc4ccc(CCCN5CCCC5)cc4)nn23)c1. The molecule has 3 heterocycles. The Morgan fingerprint density at radius 3 is 2.44 bits per heavy atom. The second-order valence-electron chi connectivity index (χ2n) is 8.76. The predicted octanol–water partition coefficient (Wildman–Crippen LogP) is 4.47. The highest BCUT2D eigenvalue weighted by Crippen LogP contribution is 2.22. The topological polar surface area (TPSA) is 59.5 Å². The monoisotopic (exact) mass is 425 g/mol. The van der Waals surface area contributed by atoms with Crippen LogP contribution in [0.5, 0.6) is 0 Å². The van der Waals surface area contributed by atoms with Gasteiger partial charge in [0.05, 0.1) is 5.69 Å². The Morgan fingerprint density at radius 2 is 1.62 bits per heavy atom. The van der Waals surface area contributed by atoms with Gasteiger partial charge in [-0.2, -0.15) is 5.10 Å². The van der Waals surface area contributed by atoms with E-state index in [0.717, 1.165) is 41.1 Å². The summed E-state index contributed by atoms with van der Waals surface area (Å²) in [5, 5.41) is 4.82. The number of hydrogen-bond acceptors (Lipinski definition) is 4. The Morgan fingerprint density at radius 1 is 0.844 bits per heavy atom. The molecule has 2 aromatic heterocycles. The number of nitrogens with two attached hydrogens (primary N) is 1. The molecule has 164 valence electrons. The van der Waals surface area contributed by atoms with Gasteiger partial charge in [-0.3, -0.25) is 0 Å². The number of benzene rings is 2. The Labute approximate surface area is 189 Å². The van der Waals surface area contributed by atoms with Gasteiger partial charge in [-0.15, -0.1) is 0 Å². The molecule has 0 spiro atoms. The number of pyridine rings is 1. The van der Waals surface area contributed by atoms with E-state index >= 15 is 0 Å². The zero-order valence-electron chi connectivity index (χ0n) is 18.6. The number of aryl methyl sites for hydroxylation is 1. The summed E-state index contributed by atoms with van der Waals surface area (Å²) in [4.78, 5) is 7.36. The maximum atomic E-state index is 5.83. The molecular formula is C27H31N5. The average Bonchev–Trinajstić information content (AvgIpc) is 3.49. The van der Waals surface area contributed by atoms with Gasteiger partial charge in [0.2, 0.25) is 0 Å². The molecule has 4 aromatic rings. The second-order valence-corrected chi connectivity index (χ2v) is 8.76. The van der Waals surface area contributed by atoms with E-state index in [4.69, 9.17) is 15.8 Å². The van der Waals surface area contributed by atoms with Crippen LogP contribution in [0.25, 0.3) is 16.9 Å². The number of likely N-dealkylation sites (tertiary alicyclic amines) is 1. The second kappa shape index (κ2) is 9.63. The van der Waals surface area contributed by atoms with Crippen molar-refractivity contribution in [2.75, 3.05) is 19.6 Å². The van der Waals surface area contributed by atoms with Crippen LogP contribution >= 0.6 is 0 Å². The molecule has 1 fully saturated rings.